The predicted molar refractivity (Wildman–Crippen MR) is 122 cm³/mol. The van der Waals surface area contributed by atoms with Crippen molar-refractivity contribution in [3.8, 4) is 0 Å². The zero-order chi connectivity index (χ0) is 23.1. The predicted octanol–water partition coefficient (Wildman–Crippen LogP) is 1.28. The third-order valence-corrected chi connectivity index (χ3v) is 6.60. The lowest BCUT2D eigenvalue weighted by molar-refractivity contribution is -0.0103. The number of carbonyl (C=O) groups is 1. The Balaban J connectivity index is 1.46. The van der Waals surface area contributed by atoms with Gasteiger partial charge in [0, 0.05) is 26.4 Å². The number of methoxy groups -OCH3 is 1. The Kier molecular flexibility index (Phi) is 5.51. The number of aliphatic hydroxyl groups excluding tert-OH is 1. The van der Waals surface area contributed by atoms with E-state index in [1.807, 2.05) is 6.07 Å². The van der Waals surface area contributed by atoms with Crippen molar-refractivity contribution in [1.29, 1.82) is 0 Å². The highest BCUT2D eigenvalue weighted by Gasteiger charge is 2.33. The van der Waals surface area contributed by atoms with E-state index in [2.05, 4.69) is 26.0 Å². The van der Waals surface area contributed by atoms with Gasteiger partial charge in [0.15, 0.2) is 5.65 Å². The lowest BCUT2D eigenvalue weighted by atomic mass is 9.88. The summed E-state index contributed by atoms with van der Waals surface area (Å²) in [4.78, 5) is 30.5. The van der Waals surface area contributed by atoms with Crippen LogP contribution in [0.25, 0.3) is 5.65 Å². The van der Waals surface area contributed by atoms with E-state index in [-0.39, 0.29) is 35.2 Å². The van der Waals surface area contributed by atoms with Gasteiger partial charge in [0.25, 0.3) is 11.5 Å². The highest BCUT2D eigenvalue weighted by molar-refractivity contribution is 6.00. The summed E-state index contributed by atoms with van der Waals surface area (Å²) < 4.78 is 8.67. The molecule has 4 atom stereocenters. The molecule has 0 spiro atoms. The number of nitrogens with zero attached hydrogens (tertiary/aromatic N) is 4. The van der Waals surface area contributed by atoms with Gasteiger partial charge in [-0.25, -0.2) is 4.98 Å². The van der Waals surface area contributed by atoms with Crippen molar-refractivity contribution in [2.45, 2.75) is 50.0 Å². The van der Waals surface area contributed by atoms with E-state index >= 15 is 0 Å². The molecule has 2 saturated carbocycles. The maximum absolute atomic E-state index is 13.1. The first kappa shape index (κ1) is 21.4. The lowest BCUT2D eigenvalue weighted by Gasteiger charge is -2.36. The summed E-state index contributed by atoms with van der Waals surface area (Å²) >= 11 is 0. The van der Waals surface area contributed by atoms with Crippen molar-refractivity contribution in [2.75, 3.05) is 24.8 Å². The smallest absolute Gasteiger partial charge is 0.274 e. The maximum Gasteiger partial charge on any atom is 0.274 e. The Morgan fingerprint density at radius 2 is 2.12 bits per heavy atom. The molecule has 0 radical (unpaired) electrons. The summed E-state index contributed by atoms with van der Waals surface area (Å²) in [5.41, 5.74) is 0.839. The highest BCUT2D eigenvalue weighted by atomic mass is 16.5. The van der Waals surface area contributed by atoms with E-state index in [0.717, 1.165) is 19.3 Å². The van der Waals surface area contributed by atoms with E-state index in [1.165, 1.54) is 10.7 Å². The molecule has 1 unspecified atom stereocenters. The van der Waals surface area contributed by atoms with Crippen LogP contribution in [0, 0.1) is 0 Å². The minimum Gasteiger partial charge on any atom is -0.391 e. The highest BCUT2D eigenvalue weighted by Crippen LogP contribution is 2.33. The van der Waals surface area contributed by atoms with Crippen LogP contribution in [0.1, 0.15) is 42.1 Å². The van der Waals surface area contributed by atoms with Crippen molar-refractivity contribution >= 4 is 28.9 Å². The van der Waals surface area contributed by atoms with Crippen molar-refractivity contribution in [1.82, 2.24) is 24.5 Å². The van der Waals surface area contributed by atoms with Crippen LogP contribution in [-0.2, 0) is 4.74 Å². The van der Waals surface area contributed by atoms with Crippen molar-refractivity contribution in [3.05, 3.63) is 46.5 Å². The van der Waals surface area contributed by atoms with Crippen LogP contribution in [0.4, 0.5) is 17.3 Å². The van der Waals surface area contributed by atoms with Crippen LogP contribution in [0.15, 0.2) is 35.4 Å². The Hall–Kier alpha value is -3.44. The summed E-state index contributed by atoms with van der Waals surface area (Å²) in [7, 11) is 3.40. The van der Waals surface area contributed by atoms with E-state index in [4.69, 9.17) is 4.74 Å². The van der Waals surface area contributed by atoms with E-state index in [0.29, 0.717) is 29.4 Å². The van der Waals surface area contributed by atoms with Crippen molar-refractivity contribution in [3.63, 3.8) is 0 Å². The molecular formula is C22H27N7O4. The summed E-state index contributed by atoms with van der Waals surface area (Å²) in [5, 5.41) is 23.0. The second kappa shape index (κ2) is 8.49. The molecule has 5 rings (SSSR count). The quantitative estimate of drug-likeness (QED) is 0.420. The maximum atomic E-state index is 13.1. The number of nitrogens with one attached hydrogen (secondary N) is 3. The van der Waals surface area contributed by atoms with Crippen LogP contribution in [0.5, 0.6) is 0 Å². The van der Waals surface area contributed by atoms with Crippen LogP contribution < -0.4 is 21.5 Å². The molecule has 0 aliphatic heterocycles. The summed E-state index contributed by atoms with van der Waals surface area (Å²) in [5.74, 6) is 0.648. The molecule has 2 aliphatic carbocycles. The molecule has 33 heavy (non-hydrogen) atoms. The minimum atomic E-state index is -0.525. The molecule has 11 nitrogen and oxygen atoms in total. The van der Waals surface area contributed by atoms with Gasteiger partial charge in [0.05, 0.1) is 30.5 Å². The van der Waals surface area contributed by atoms with Gasteiger partial charge in [-0.3, -0.25) is 9.59 Å². The second-order valence-electron chi connectivity index (χ2n) is 8.47. The summed E-state index contributed by atoms with van der Waals surface area (Å²) in [6.45, 7) is 0. The molecule has 0 aromatic carbocycles. The van der Waals surface area contributed by atoms with Gasteiger partial charge >= 0.3 is 0 Å². The number of amides is 1. The zero-order valence-corrected chi connectivity index (χ0v) is 18.5. The number of carbonyl (C=O) groups excluding carboxylic acids is 1. The first-order chi connectivity index (χ1) is 16.0. The van der Waals surface area contributed by atoms with Gasteiger partial charge in [0.2, 0.25) is 0 Å². The summed E-state index contributed by atoms with van der Waals surface area (Å²) in [6, 6.07) is 4.98. The molecule has 11 heteroatoms. The van der Waals surface area contributed by atoms with Crippen LogP contribution in [0.2, 0.25) is 0 Å². The van der Waals surface area contributed by atoms with Crippen molar-refractivity contribution < 1.29 is 14.6 Å². The van der Waals surface area contributed by atoms with Gasteiger partial charge in [-0.15, -0.1) is 0 Å². The van der Waals surface area contributed by atoms with Crippen molar-refractivity contribution in [2.24, 2.45) is 0 Å². The average molecular weight is 454 g/mol. The fraction of sp³-hybridized carbons (Fsp3) is 0.455. The molecule has 2 aliphatic rings. The normalized spacial score (nSPS) is 24.1. The number of fused-ring (bicyclic) bond motifs is 1. The fourth-order valence-corrected chi connectivity index (χ4v) is 4.31. The monoisotopic (exact) mass is 453 g/mol. The third kappa shape index (κ3) is 3.72. The lowest BCUT2D eigenvalue weighted by Crippen LogP contribution is -2.50. The molecule has 4 N–H and O–H groups in total. The van der Waals surface area contributed by atoms with E-state index in [9.17, 15) is 14.7 Å². The second-order valence-corrected chi connectivity index (χ2v) is 8.47. The number of hydrogen-bond donors (Lipinski definition) is 4. The molecule has 3 aromatic rings. The SMILES string of the molecule is CNc1cc(Nc2cccn(C3CC[C@H]3OC)c2=O)nc2c(C(=O)N[C@H]3CC[C@H]3O)cnn12. The zero-order valence-electron chi connectivity index (χ0n) is 18.5. The van der Waals surface area contributed by atoms with Gasteiger partial charge in [-0.1, -0.05) is 0 Å². The first-order valence-electron chi connectivity index (χ1n) is 11.1. The van der Waals surface area contributed by atoms with E-state index < -0.39 is 6.10 Å². The minimum absolute atomic E-state index is 0.0135. The van der Waals surface area contributed by atoms with Crippen LogP contribution >= 0.6 is 0 Å². The largest absolute Gasteiger partial charge is 0.391 e. The number of anilines is 3. The first-order valence-corrected chi connectivity index (χ1v) is 11.1. The molecular weight excluding hydrogens is 426 g/mol. The molecule has 2 fully saturated rings. The number of aromatic nitrogens is 4. The Morgan fingerprint density at radius 3 is 2.76 bits per heavy atom. The number of hydrogen-bond acceptors (Lipinski definition) is 8. The molecule has 3 aromatic heterocycles. The van der Waals surface area contributed by atoms with E-state index in [1.54, 1.807) is 37.1 Å². The standard InChI is InChI=1S/C22H27N7O4/c1-23-19-10-18(25-14-4-3-9-28(22(14)32)15-6-8-17(15)33-2)27-20-12(11-24-29(19)20)21(31)26-13-5-7-16(13)30/h3-4,9-11,13,15-17,23,30H,5-8H2,1-2H3,(H,25,27)(H,26,31)/t13-,15?,16+,17+/m0/s1. The number of pyridine rings is 1. The van der Waals surface area contributed by atoms with Gasteiger partial charge in [0.1, 0.15) is 22.9 Å². The Morgan fingerprint density at radius 1 is 1.27 bits per heavy atom. The van der Waals surface area contributed by atoms with Crippen LogP contribution in [-0.4, -0.2) is 62.6 Å². The fourth-order valence-electron chi connectivity index (χ4n) is 4.31. The van der Waals surface area contributed by atoms with Gasteiger partial charge in [-0.2, -0.15) is 9.61 Å². The molecule has 0 saturated heterocycles. The summed E-state index contributed by atoms with van der Waals surface area (Å²) in [6.07, 6.45) is 5.96. The average Bonchev–Trinajstić information content (AvgIpc) is 3.22. The Labute approximate surface area is 189 Å². The van der Waals surface area contributed by atoms with Gasteiger partial charge in [-0.05, 0) is 37.8 Å². The molecule has 0 bridgehead atoms. The van der Waals surface area contributed by atoms with Crippen LogP contribution in [0.3, 0.4) is 0 Å². The number of aliphatic hydroxyl groups is 1. The number of rotatable bonds is 7. The third-order valence-electron chi connectivity index (χ3n) is 6.60. The molecule has 174 valence electrons. The van der Waals surface area contributed by atoms with Gasteiger partial charge < -0.3 is 30.4 Å². The number of ether oxygens (including phenoxy) is 1. The molecule has 1 amide bonds. The molecule has 3 heterocycles. The Bertz CT molecular complexity index is 1250. The topological polar surface area (TPSA) is 135 Å².